The number of aromatic nitrogens is 1. The van der Waals surface area contributed by atoms with Gasteiger partial charge in [-0.3, -0.25) is 4.79 Å². The first-order valence-corrected chi connectivity index (χ1v) is 11.9. The Morgan fingerprint density at radius 2 is 1.94 bits per heavy atom. The van der Waals surface area contributed by atoms with Crippen molar-refractivity contribution in [3.8, 4) is 5.75 Å². The first kappa shape index (κ1) is 23.3. The summed E-state index contributed by atoms with van der Waals surface area (Å²) in [5.41, 5.74) is 0.987. The normalized spacial score (nSPS) is 21.3. The summed E-state index contributed by atoms with van der Waals surface area (Å²) in [6, 6.07) is 8.99. The Labute approximate surface area is 199 Å². The highest BCUT2D eigenvalue weighted by molar-refractivity contribution is 6.33. The van der Waals surface area contributed by atoms with E-state index in [1.807, 2.05) is 12.1 Å². The lowest BCUT2D eigenvalue weighted by atomic mass is 9.92. The summed E-state index contributed by atoms with van der Waals surface area (Å²) in [6.45, 7) is 9.08. The third kappa shape index (κ3) is 5.95. The zero-order valence-corrected chi connectivity index (χ0v) is 19.3. The molecule has 2 N–H and O–H groups in total. The number of aliphatic hydroxyl groups is 1. The zero-order valence-electron chi connectivity index (χ0n) is 18.5. The van der Waals surface area contributed by atoms with Crippen LogP contribution < -0.4 is 15.0 Å². The molecule has 2 aromatic rings. The highest BCUT2D eigenvalue weighted by Gasteiger charge is 2.25. The zero-order chi connectivity index (χ0) is 23.2. The van der Waals surface area contributed by atoms with Crippen LogP contribution >= 0.6 is 11.6 Å². The van der Waals surface area contributed by atoms with E-state index in [1.54, 1.807) is 24.4 Å². The minimum atomic E-state index is -0.0982. The number of benzene rings is 1. The van der Waals surface area contributed by atoms with Gasteiger partial charge in [-0.05, 0) is 68.7 Å². The van der Waals surface area contributed by atoms with E-state index >= 15 is 0 Å². The van der Waals surface area contributed by atoms with Crippen LogP contribution in [0.1, 0.15) is 48.9 Å². The number of nitrogens with one attached hydrogen (secondary N) is 1. The van der Waals surface area contributed by atoms with E-state index in [1.165, 1.54) is 0 Å². The number of rotatable bonds is 6. The van der Waals surface area contributed by atoms with Crippen LogP contribution in [0.15, 0.2) is 36.5 Å². The third-order valence-corrected chi connectivity index (χ3v) is 6.86. The molecule has 0 bridgehead atoms. The van der Waals surface area contributed by atoms with Crippen LogP contribution in [0.25, 0.3) is 4.85 Å². The van der Waals surface area contributed by atoms with Crippen molar-refractivity contribution < 1.29 is 14.6 Å². The molecule has 33 heavy (non-hydrogen) atoms. The largest absolute Gasteiger partial charge is 0.490 e. The topological polar surface area (TPSA) is 79.0 Å². The average molecular weight is 469 g/mol. The number of aliphatic hydroxyl groups excluding tert-OH is 1. The van der Waals surface area contributed by atoms with Crippen LogP contribution in [-0.2, 0) is 0 Å². The van der Waals surface area contributed by atoms with Crippen molar-refractivity contribution in [2.45, 2.75) is 50.7 Å². The maximum absolute atomic E-state index is 12.7. The van der Waals surface area contributed by atoms with Crippen molar-refractivity contribution in [2.75, 3.05) is 24.6 Å². The average Bonchev–Trinajstić information content (AvgIpc) is 2.85. The fraction of sp³-hybridized carbons (Fsp3) is 0.480. The predicted octanol–water partition coefficient (Wildman–Crippen LogP) is 4.61. The molecule has 174 valence electrons. The van der Waals surface area contributed by atoms with Crippen LogP contribution in [0, 0.1) is 12.5 Å². The second-order valence-electron chi connectivity index (χ2n) is 8.81. The summed E-state index contributed by atoms with van der Waals surface area (Å²) >= 11 is 6.09. The summed E-state index contributed by atoms with van der Waals surface area (Å²) < 4.78 is 6.03. The maximum Gasteiger partial charge on any atom is 0.253 e. The molecule has 1 amide bonds. The first-order valence-electron chi connectivity index (χ1n) is 11.5. The van der Waals surface area contributed by atoms with Crippen molar-refractivity contribution in [3.63, 3.8) is 0 Å². The number of ether oxygens (including phenoxy) is 1. The Kier molecular flexibility index (Phi) is 7.69. The Balaban J connectivity index is 1.24. The van der Waals surface area contributed by atoms with Crippen molar-refractivity contribution in [1.82, 2.24) is 10.3 Å². The van der Waals surface area contributed by atoms with Gasteiger partial charge in [-0.2, -0.15) is 0 Å². The lowest BCUT2D eigenvalue weighted by Gasteiger charge is -2.32. The van der Waals surface area contributed by atoms with E-state index in [0.717, 1.165) is 57.4 Å². The molecule has 4 rings (SSSR count). The standard InChI is InChI=1S/C25H29ClN4O3/c1-27-23-8-7-21(14-22(23)26)33-20-5-3-19(4-6-20)29-25(32)18-2-9-24(28-15-18)30-12-10-17(16-31)11-13-30/h2,7-9,14-15,17,19-20,31H,3-6,10-13,16H2,(H,29,32). The summed E-state index contributed by atoms with van der Waals surface area (Å²) in [5, 5.41) is 12.8. The molecule has 1 saturated heterocycles. The highest BCUT2D eigenvalue weighted by atomic mass is 35.5. The molecular formula is C25H29ClN4O3. The van der Waals surface area contributed by atoms with Gasteiger partial charge in [0.15, 0.2) is 0 Å². The number of carbonyl (C=O) groups is 1. The number of hydrogen-bond acceptors (Lipinski definition) is 5. The van der Waals surface area contributed by atoms with Gasteiger partial charge in [0, 0.05) is 31.9 Å². The van der Waals surface area contributed by atoms with E-state index in [0.29, 0.717) is 27.9 Å². The fourth-order valence-corrected chi connectivity index (χ4v) is 4.70. The Morgan fingerprint density at radius 1 is 1.18 bits per heavy atom. The van der Waals surface area contributed by atoms with Crippen LogP contribution in [0.2, 0.25) is 5.02 Å². The van der Waals surface area contributed by atoms with Crippen LogP contribution in [0.4, 0.5) is 11.5 Å². The SMILES string of the molecule is [C-]#[N+]c1ccc(OC2CCC(NC(=O)c3ccc(N4CCC(CO)CC4)nc3)CC2)cc1Cl. The van der Waals surface area contributed by atoms with E-state index in [-0.39, 0.29) is 24.7 Å². The van der Waals surface area contributed by atoms with Gasteiger partial charge in [0.05, 0.1) is 23.3 Å². The molecule has 0 atom stereocenters. The third-order valence-electron chi connectivity index (χ3n) is 6.56. The predicted molar refractivity (Wildman–Crippen MR) is 128 cm³/mol. The van der Waals surface area contributed by atoms with Crippen molar-refractivity contribution >= 4 is 29.0 Å². The number of halogens is 1. The van der Waals surface area contributed by atoms with Crippen molar-refractivity contribution in [2.24, 2.45) is 5.92 Å². The van der Waals surface area contributed by atoms with Gasteiger partial charge in [0.2, 0.25) is 5.69 Å². The smallest absolute Gasteiger partial charge is 0.253 e. The molecule has 1 aliphatic heterocycles. The quantitative estimate of drug-likeness (QED) is 0.605. The second-order valence-corrected chi connectivity index (χ2v) is 9.22. The maximum atomic E-state index is 12.7. The molecule has 0 unspecified atom stereocenters. The fourth-order valence-electron chi connectivity index (χ4n) is 4.49. The summed E-state index contributed by atoms with van der Waals surface area (Å²) in [7, 11) is 0. The minimum absolute atomic E-state index is 0.0731. The molecular weight excluding hydrogens is 440 g/mol. The molecule has 0 spiro atoms. The number of piperidine rings is 1. The highest BCUT2D eigenvalue weighted by Crippen LogP contribution is 2.31. The molecule has 1 aliphatic carbocycles. The van der Waals surface area contributed by atoms with E-state index < -0.39 is 0 Å². The second kappa shape index (κ2) is 10.9. The summed E-state index contributed by atoms with van der Waals surface area (Å²) in [4.78, 5) is 22.8. The van der Waals surface area contributed by atoms with Crippen LogP contribution in [0.3, 0.4) is 0 Å². The summed E-state index contributed by atoms with van der Waals surface area (Å²) in [6.07, 6.45) is 7.02. The van der Waals surface area contributed by atoms with Crippen molar-refractivity contribution in [3.05, 3.63) is 58.5 Å². The van der Waals surface area contributed by atoms with E-state index in [4.69, 9.17) is 22.9 Å². The molecule has 2 heterocycles. The number of pyridine rings is 1. The van der Waals surface area contributed by atoms with Crippen molar-refractivity contribution in [1.29, 1.82) is 0 Å². The minimum Gasteiger partial charge on any atom is -0.490 e. The van der Waals surface area contributed by atoms with Gasteiger partial charge < -0.3 is 20.1 Å². The number of nitrogens with zero attached hydrogens (tertiary/aromatic N) is 3. The van der Waals surface area contributed by atoms with Gasteiger partial charge in [0.1, 0.15) is 11.6 Å². The molecule has 2 fully saturated rings. The lowest BCUT2D eigenvalue weighted by Crippen LogP contribution is -2.39. The Bertz CT molecular complexity index is 992. The molecule has 0 radical (unpaired) electrons. The monoisotopic (exact) mass is 468 g/mol. The van der Waals surface area contributed by atoms with Gasteiger partial charge >= 0.3 is 0 Å². The number of amides is 1. The van der Waals surface area contributed by atoms with Gasteiger partial charge in [-0.25, -0.2) is 9.83 Å². The van der Waals surface area contributed by atoms with Crippen LogP contribution in [0.5, 0.6) is 5.75 Å². The number of carbonyl (C=O) groups excluding carboxylic acids is 1. The summed E-state index contributed by atoms with van der Waals surface area (Å²) in [5.74, 6) is 1.84. The van der Waals surface area contributed by atoms with Crippen LogP contribution in [-0.4, -0.2) is 47.8 Å². The number of hydrogen-bond donors (Lipinski definition) is 2. The van der Waals surface area contributed by atoms with Gasteiger partial charge in [-0.1, -0.05) is 17.7 Å². The molecule has 1 saturated carbocycles. The lowest BCUT2D eigenvalue weighted by molar-refractivity contribution is 0.0893. The van der Waals surface area contributed by atoms with Gasteiger partial charge in [-0.15, -0.1) is 0 Å². The number of anilines is 1. The molecule has 7 nitrogen and oxygen atoms in total. The Morgan fingerprint density at radius 3 is 2.55 bits per heavy atom. The van der Waals surface area contributed by atoms with E-state index in [9.17, 15) is 9.90 Å². The molecule has 1 aromatic heterocycles. The molecule has 8 heteroatoms. The Hall–Kier alpha value is -2.82. The first-order chi connectivity index (χ1) is 16.1. The molecule has 1 aromatic carbocycles. The van der Waals surface area contributed by atoms with Gasteiger partial charge in [0.25, 0.3) is 5.91 Å². The molecule has 2 aliphatic rings. The van der Waals surface area contributed by atoms with E-state index in [2.05, 4.69) is 20.0 Å².